The van der Waals surface area contributed by atoms with Crippen LogP contribution in [0, 0.1) is 0 Å². The molecule has 0 radical (unpaired) electrons. The highest BCUT2D eigenvalue weighted by Crippen LogP contribution is 2.23. The second-order valence-corrected chi connectivity index (χ2v) is 3.93. The molecule has 0 fully saturated rings. The molecule has 0 amide bonds. The first kappa shape index (κ1) is 9.14. The first-order valence-electron chi connectivity index (χ1n) is 3.58. The van der Waals surface area contributed by atoms with Crippen molar-refractivity contribution in [3.05, 3.63) is 29.0 Å². The highest BCUT2D eigenvalue weighted by Gasteiger charge is 2.01. The van der Waals surface area contributed by atoms with Gasteiger partial charge in [0.25, 0.3) is 0 Å². The van der Waals surface area contributed by atoms with E-state index in [9.17, 15) is 0 Å². The zero-order chi connectivity index (χ0) is 9.26. The summed E-state index contributed by atoms with van der Waals surface area (Å²) in [5.41, 5.74) is 0.942. The molecule has 1 N–H and O–H groups in total. The van der Waals surface area contributed by atoms with Gasteiger partial charge in [-0.1, -0.05) is 15.9 Å². The Morgan fingerprint density at radius 1 is 1.31 bits per heavy atom. The predicted molar refractivity (Wildman–Crippen MR) is 64.9 cm³/mol. The van der Waals surface area contributed by atoms with E-state index in [2.05, 4.69) is 52.3 Å². The molecule has 0 aliphatic rings. The quantitative estimate of drug-likeness (QED) is 0.634. The van der Waals surface area contributed by atoms with Crippen molar-refractivity contribution in [1.82, 2.24) is 9.97 Å². The van der Waals surface area contributed by atoms with Gasteiger partial charge in [0.15, 0.2) is 0 Å². The van der Waals surface area contributed by atoms with Gasteiger partial charge >= 0.3 is 0 Å². The predicted octanol–water partition coefficient (Wildman–Crippen LogP) is 3.15. The lowest BCUT2D eigenvalue weighted by Gasteiger charge is -2.02. The van der Waals surface area contributed by atoms with Crippen LogP contribution >= 0.6 is 38.8 Å². The van der Waals surface area contributed by atoms with Gasteiger partial charge in [-0.05, 0) is 18.2 Å². The first-order chi connectivity index (χ1) is 6.31. The van der Waals surface area contributed by atoms with E-state index in [0.717, 1.165) is 21.2 Å². The van der Waals surface area contributed by atoms with Gasteiger partial charge in [0, 0.05) is 9.86 Å². The molecule has 5 heteroatoms. The molecule has 3 nitrogen and oxygen atoms in total. The second-order valence-electron chi connectivity index (χ2n) is 2.48. The molecule has 0 aliphatic carbocycles. The van der Waals surface area contributed by atoms with E-state index >= 15 is 0 Å². The molecule has 66 valence electrons. The maximum absolute atomic E-state index is 4.16. The molecule has 0 aliphatic heterocycles. The number of hydrogen-bond acceptors (Lipinski definition) is 3. The van der Waals surface area contributed by atoms with Crippen LogP contribution in [0.1, 0.15) is 0 Å². The van der Waals surface area contributed by atoms with Crippen LogP contribution in [-0.4, -0.2) is 9.97 Å². The molecule has 1 heterocycles. The van der Waals surface area contributed by atoms with Crippen LogP contribution in [0.25, 0.3) is 10.9 Å². The van der Waals surface area contributed by atoms with Crippen molar-refractivity contribution in [3.8, 4) is 0 Å². The van der Waals surface area contributed by atoms with Gasteiger partial charge in [-0.3, -0.25) is 0 Å². The van der Waals surface area contributed by atoms with Crippen molar-refractivity contribution in [3.63, 3.8) is 0 Å². The fraction of sp³-hybridized carbons (Fsp3) is 0. The number of aromatic nitrogens is 2. The number of nitrogens with zero attached hydrogens (tertiary/aromatic N) is 2. The monoisotopic (exact) mass is 349 g/mol. The van der Waals surface area contributed by atoms with Gasteiger partial charge in [-0.25, -0.2) is 9.97 Å². The number of halogens is 2. The summed E-state index contributed by atoms with van der Waals surface area (Å²) in [6.07, 6.45) is 1.55. The molecule has 0 bridgehead atoms. The summed E-state index contributed by atoms with van der Waals surface area (Å²) in [4.78, 5) is 8.27. The van der Waals surface area contributed by atoms with Gasteiger partial charge in [0.1, 0.15) is 12.1 Å². The molecule has 2 aromatic rings. The van der Waals surface area contributed by atoms with Crippen LogP contribution in [0.15, 0.2) is 29.0 Å². The van der Waals surface area contributed by atoms with Crippen LogP contribution in [0.4, 0.5) is 5.82 Å². The molecular formula is C8H5BrIN3. The normalized spacial score (nSPS) is 10.3. The molecule has 0 saturated heterocycles. The van der Waals surface area contributed by atoms with Crippen LogP contribution < -0.4 is 3.53 Å². The van der Waals surface area contributed by atoms with Crippen molar-refractivity contribution < 1.29 is 0 Å². The third-order valence-electron chi connectivity index (χ3n) is 1.69. The minimum absolute atomic E-state index is 0.840. The van der Waals surface area contributed by atoms with E-state index in [1.807, 2.05) is 18.2 Å². The Kier molecular flexibility index (Phi) is 2.63. The zero-order valence-corrected chi connectivity index (χ0v) is 10.2. The van der Waals surface area contributed by atoms with Gasteiger partial charge < -0.3 is 3.53 Å². The highest BCUT2D eigenvalue weighted by molar-refractivity contribution is 14.1. The van der Waals surface area contributed by atoms with E-state index in [-0.39, 0.29) is 0 Å². The van der Waals surface area contributed by atoms with E-state index in [1.165, 1.54) is 0 Å². The van der Waals surface area contributed by atoms with Crippen LogP contribution in [0.5, 0.6) is 0 Å². The largest absolute Gasteiger partial charge is 0.312 e. The van der Waals surface area contributed by atoms with Crippen LogP contribution in [0.3, 0.4) is 0 Å². The van der Waals surface area contributed by atoms with Crippen molar-refractivity contribution >= 4 is 55.5 Å². The summed E-state index contributed by atoms with van der Waals surface area (Å²) in [5, 5.41) is 1.02. The number of rotatable bonds is 1. The van der Waals surface area contributed by atoms with Crippen molar-refractivity contribution in [2.75, 3.05) is 3.53 Å². The number of fused-ring (bicyclic) bond motifs is 1. The zero-order valence-electron chi connectivity index (χ0n) is 6.46. The smallest absolute Gasteiger partial charge is 0.145 e. The third kappa shape index (κ3) is 1.76. The summed E-state index contributed by atoms with van der Waals surface area (Å²) in [6, 6.07) is 5.92. The Morgan fingerprint density at radius 3 is 2.92 bits per heavy atom. The number of nitrogens with one attached hydrogen (secondary N) is 1. The molecule has 13 heavy (non-hydrogen) atoms. The second kappa shape index (κ2) is 3.75. The molecule has 0 atom stereocenters. The Balaban J connectivity index is 2.79. The average molecular weight is 350 g/mol. The Hall–Kier alpha value is -0.430. The summed E-state index contributed by atoms with van der Waals surface area (Å²) < 4.78 is 4.03. The summed E-state index contributed by atoms with van der Waals surface area (Å²) in [6.45, 7) is 0. The van der Waals surface area contributed by atoms with Gasteiger partial charge in [-0.2, -0.15) is 0 Å². The third-order valence-corrected chi connectivity index (χ3v) is 2.69. The topological polar surface area (TPSA) is 37.8 Å². The van der Waals surface area contributed by atoms with E-state index in [1.54, 1.807) is 6.33 Å². The molecule has 1 aromatic heterocycles. The Labute approximate surface area is 97.6 Å². The van der Waals surface area contributed by atoms with Gasteiger partial charge in [-0.15, -0.1) is 0 Å². The maximum Gasteiger partial charge on any atom is 0.145 e. The summed E-state index contributed by atoms with van der Waals surface area (Å²) >= 11 is 5.47. The van der Waals surface area contributed by atoms with Crippen molar-refractivity contribution in [2.45, 2.75) is 0 Å². The van der Waals surface area contributed by atoms with Gasteiger partial charge in [0.05, 0.1) is 28.4 Å². The first-order valence-corrected chi connectivity index (χ1v) is 5.45. The average Bonchev–Trinajstić information content (AvgIpc) is 2.17. The molecule has 0 saturated carbocycles. The molecule has 1 aromatic carbocycles. The van der Waals surface area contributed by atoms with E-state index in [4.69, 9.17) is 0 Å². The fourth-order valence-electron chi connectivity index (χ4n) is 1.10. The SMILES string of the molecule is Brc1ccc2ncnc(NI)c2c1. The highest BCUT2D eigenvalue weighted by atomic mass is 127. The van der Waals surface area contributed by atoms with E-state index < -0.39 is 0 Å². The molecule has 0 spiro atoms. The fourth-order valence-corrected chi connectivity index (χ4v) is 1.90. The minimum atomic E-state index is 0.840. The minimum Gasteiger partial charge on any atom is -0.312 e. The Bertz CT molecular complexity index is 446. The summed E-state index contributed by atoms with van der Waals surface area (Å²) in [7, 11) is 0. The molecule has 0 unspecified atom stereocenters. The van der Waals surface area contributed by atoms with Crippen molar-refractivity contribution in [1.29, 1.82) is 0 Å². The van der Waals surface area contributed by atoms with Gasteiger partial charge in [0.2, 0.25) is 0 Å². The van der Waals surface area contributed by atoms with Crippen molar-refractivity contribution in [2.24, 2.45) is 0 Å². The lowest BCUT2D eigenvalue weighted by atomic mass is 10.2. The Morgan fingerprint density at radius 2 is 2.15 bits per heavy atom. The lowest BCUT2D eigenvalue weighted by molar-refractivity contribution is 1.23. The standard InChI is InChI=1S/C8H5BrIN3/c9-5-1-2-7-6(3-5)8(13-10)12-4-11-7/h1-4H,(H,11,12,13). The lowest BCUT2D eigenvalue weighted by Crippen LogP contribution is -1.89. The molecule has 2 rings (SSSR count). The number of benzene rings is 1. The molecular weight excluding hydrogens is 345 g/mol. The van der Waals surface area contributed by atoms with Crippen LogP contribution in [0.2, 0.25) is 0 Å². The summed E-state index contributed by atoms with van der Waals surface area (Å²) in [5.74, 6) is 0.840. The maximum atomic E-state index is 4.16. The van der Waals surface area contributed by atoms with Crippen LogP contribution in [-0.2, 0) is 0 Å². The number of anilines is 1. The number of hydrogen-bond donors (Lipinski definition) is 1. The van der Waals surface area contributed by atoms with E-state index in [0.29, 0.717) is 0 Å².